The van der Waals surface area contributed by atoms with Crippen LogP contribution in [0.1, 0.15) is 11.5 Å². The van der Waals surface area contributed by atoms with E-state index in [1.165, 1.54) is 8.61 Å². The monoisotopic (exact) mass is 354 g/mol. The average Bonchev–Trinajstić information content (AvgIpc) is 3.02. The Bertz CT molecular complexity index is 689. The van der Waals surface area contributed by atoms with Gasteiger partial charge in [-0.15, -0.1) is 0 Å². The lowest BCUT2D eigenvalue weighted by Gasteiger charge is -2.34. The largest absolute Gasteiger partial charge is 0.481 e. The molecular formula is C15H22N4O4S. The topological polar surface area (TPSA) is 94.1 Å². The molecule has 24 heavy (non-hydrogen) atoms. The molecule has 0 bridgehead atoms. The van der Waals surface area contributed by atoms with Gasteiger partial charge in [-0.05, 0) is 24.7 Å². The predicted molar refractivity (Wildman–Crippen MR) is 87.7 cm³/mol. The van der Waals surface area contributed by atoms with Gasteiger partial charge in [0.15, 0.2) is 0 Å². The second kappa shape index (κ2) is 6.75. The van der Waals surface area contributed by atoms with Crippen LogP contribution in [0, 0.1) is 5.92 Å². The molecule has 8 nitrogen and oxygen atoms in total. The van der Waals surface area contributed by atoms with E-state index in [9.17, 15) is 18.3 Å². The minimum Gasteiger partial charge on any atom is -0.481 e. The smallest absolute Gasteiger partial charge is 0.308 e. The number of nitrogens with zero attached hydrogens (tertiary/aromatic N) is 4. The number of carbonyl (C=O) groups is 1. The first-order valence-electron chi connectivity index (χ1n) is 7.96. The maximum Gasteiger partial charge on any atom is 0.308 e. The molecule has 2 fully saturated rings. The third-order valence-electron chi connectivity index (χ3n) is 4.85. The zero-order valence-corrected chi connectivity index (χ0v) is 14.4. The molecule has 0 saturated carbocycles. The Morgan fingerprint density at radius 2 is 1.75 bits per heavy atom. The van der Waals surface area contributed by atoms with E-state index in [4.69, 9.17) is 0 Å². The Balaban J connectivity index is 1.81. The van der Waals surface area contributed by atoms with E-state index < -0.39 is 22.1 Å². The number of aliphatic carboxylic acids is 1. The first kappa shape index (κ1) is 17.3. The molecule has 9 heteroatoms. The Morgan fingerprint density at radius 3 is 2.33 bits per heavy atom. The third-order valence-corrected chi connectivity index (χ3v) is 6.82. The van der Waals surface area contributed by atoms with Crippen LogP contribution < -0.4 is 0 Å². The molecule has 2 atom stereocenters. The Kier molecular flexibility index (Phi) is 4.86. The number of aromatic nitrogens is 1. The van der Waals surface area contributed by atoms with Gasteiger partial charge in [-0.2, -0.15) is 17.0 Å². The zero-order valence-electron chi connectivity index (χ0n) is 13.6. The molecule has 3 heterocycles. The molecule has 3 rings (SSSR count). The highest BCUT2D eigenvalue weighted by Gasteiger charge is 2.45. The van der Waals surface area contributed by atoms with Crippen LogP contribution in [0.5, 0.6) is 0 Å². The number of carboxylic acid groups (broad SMARTS) is 1. The molecule has 0 unspecified atom stereocenters. The van der Waals surface area contributed by atoms with Crippen molar-refractivity contribution in [1.82, 2.24) is 18.5 Å². The Labute approximate surface area is 141 Å². The van der Waals surface area contributed by atoms with Gasteiger partial charge in [0.1, 0.15) is 0 Å². The molecule has 0 amide bonds. The number of rotatable bonds is 4. The predicted octanol–water partition coefficient (Wildman–Crippen LogP) is -0.326. The Hall–Kier alpha value is -1.55. The van der Waals surface area contributed by atoms with Crippen molar-refractivity contribution in [2.45, 2.75) is 5.92 Å². The standard InChI is InChI=1S/C15H22N4O4S/c1-17-6-8-18(9-7-17)24(22,23)19-10-13(14(11-19)15(20)21)12-2-4-16-5-3-12/h2-5,13-14H,6-11H2,1H3,(H,20,21)/t13-,14+/m0/s1. The first-order valence-corrected chi connectivity index (χ1v) is 9.36. The van der Waals surface area contributed by atoms with Crippen LogP contribution in [-0.2, 0) is 15.0 Å². The summed E-state index contributed by atoms with van der Waals surface area (Å²) in [5.41, 5.74) is 0.813. The molecule has 0 radical (unpaired) electrons. The van der Waals surface area contributed by atoms with Crippen LogP contribution in [0.3, 0.4) is 0 Å². The summed E-state index contributed by atoms with van der Waals surface area (Å²) in [6.07, 6.45) is 3.21. The summed E-state index contributed by atoms with van der Waals surface area (Å²) in [5, 5.41) is 9.52. The summed E-state index contributed by atoms with van der Waals surface area (Å²) in [7, 11) is -1.67. The van der Waals surface area contributed by atoms with Crippen LogP contribution in [0.2, 0.25) is 0 Å². The van der Waals surface area contributed by atoms with Crippen LogP contribution in [-0.4, -0.2) is 84.3 Å². The van der Waals surface area contributed by atoms with Gasteiger partial charge in [-0.3, -0.25) is 9.78 Å². The summed E-state index contributed by atoms with van der Waals surface area (Å²) in [5.74, 6) is -2.06. The van der Waals surface area contributed by atoms with E-state index in [1.807, 2.05) is 7.05 Å². The van der Waals surface area contributed by atoms with Gasteiger partial charge >= 0.3 is 5.97 Å². The van der Waals surface area contributed by atoms with E-state index in [-0.39, 0.29) is 19.0 Å². The minimum atomic E-state index is -3.63. The molecule has 2 aliphatic heterocycles. The number of likely N-dealkylation sites (N-methyl/N-ethyl adjacent to an activating group) is 1. The SMILES string of the molecule is CN1CCN(S(=O)(=O)N2C[C@@H](C(=O)O)[C@H](c3ccncc3)C2)CC1. The minimum absolute atomic E-state index is 0.0109. The van der Waals surface area contributed by atoms with Crippen LogP contribution in [0.15, 0.2) is 24.5 Å². The highest BCUT2D eigenvalue weighted by Crippen LogP contribution is 2.34. The lowest BCUT2D eigenvalue weighted by Crippen LogP contribution is -2.51. The van der Waals surface area contributed by atoms with Crippen LogP contribution in [0.25, 0.3) is 0 Å². The fourth-order valence-electron chi connectivity index (χ4n) is 3.34. The molecule has 132 valence electrons. The van der Waals surface area contributed by atoms with Gasteiger partial charge in [0, 0.05) is 57.6 Å². The quantitative estimate of drug-likeness (QED) is 0.796. The van der Waals surface area contributed by atoms with Gasteiger partial charge in [0.05, 0.1) is 5.92 Å². The number of hydrogen-bond donors (Lipinski definition) is 1. The highest BCUT2D eigenvalue weighted by molar-refractivity contribution is 7.86. The summed E-state index contributed by atoms with van der Waals surface area (Å²) < 4.78 is 28.5. The van der Waals surface area contributed by atoms with Crippen molar-refractivity contribution in [2.75, 3.05) is 46.3 Å². The van der Waals surface area contributed by atoms with E-state index in [0.29, 0.717) is 26.2 Å². The molecule has 0 aliphatic carbocycles. The van der Waals surface area contributed by atoms with Crippen LogP contribution in [0.4, 0.5) is 0 Å². The molecule has 2 aliphatic rings. The van der Waals surface area contributed by atoms with E-state index in [2.05, 4.69) is 9.88 Å². The third kappa shape index (κ3) is 3.30. The fourth-order valence-corrected chi connectivity index (χ4v) is 4.99. The Morgan fingerprint density at radius 1 is 1.12 bits per heavy atom. The maximum atomic E-state index is 12.9. The molecular weight excluding hydrogens is 332 g/mol. The lowest BCUT2D eigenvalue weighted by molar-refractivity contribution is -0.141. The molecule has 2 saturated heterocycles. The summed E-state index contributed by atoms with van der Waals surface area (Å²) >= 11 is 0. The highest BCUT2D eigenvalue weighted by atomic mass is 32.2. The number of hydrogen-bond acceptors (Lipinski definition) is 5. The van der Waals surface area contributed by atoms with Crippen molar-refractivity contribution in [2.24, 2.45) is 5.92 Å². The van der Waals surface area contributed by atoms with E-state index >= 15 is 0 Å². The molecule has 0 aromatic carbocycles. The first-order chi connectivity index (χ1) is 11.4. The molecule has 1 N–H and O–H groups in total. The molecule has 0 spiro atoms. The van der Waals surface area contributed by atoms with Gasteiger partial charge in [0.2, 0.25) is 0 Å². The summed E-state index contributed by atoms with van der Waals surface area (Å²) in [6, 6.07) is 3.51. The second-order valence-corrected chi connectivity index (χ2v) is 8.29. The van der Waals surface area contributed by atoms with Gasteiger partial charge in [-0.1, -0.05) is 0 Å². The number of pyridine rings is 1. The van der Waals surface area contributed by atoms with Gasteiger partial charge in [-0.25, -0.2) is 0 Å². The average molecular weight is 354 g/mol. The molecule has 1 aromatic heterocycles. The van der Waals surface area contributed by atoms with Crippen molar-refractivity contribution >= 4 is 16.2 Å². The van der Waals surface area contributed by atoms with E-state index in [1.54, 1.807) is 24.5 Å². The second-order valence-electron chi connectivity index (χ2n) is 6.36. The maximum absolute atomic E-state index is 12.9. The van der Waals surface area contributed by atoms with E-state index in [0.717, 1.165) is 5.56 Å². The molecule has 1 aromatic rings. The van der Waals surface area contributed by atoms with Crippen molar-refractivity contribution in [3.63, 3.8) is 0 Å². The summed E-state index contributed by atoms with van der Waals surface area (Å²) in [6.45, 7) is 2.44. The van der Waals surface area contributed by atoms with Gasteiger partial charge in [0.25, 0.3) is 10.2 Å². The summed E-state index contributed by atoms with van der Waals surface area (Å²) in [4.78, 5) is 17.6. The normalized spacial score (nSPS) is 27.4. The number of piperazine rings is 1. The van der Waals surface area contributed by atoms with Crippen molar-refractivity contribution in [3.05, 3.63) is 30.1 Å². The number of carboxylic acids is 1. The van der Waals surface area contributed by atoms with Gasteiger partial charge < -0.3 is 10.0 Å². The lowest BCUT2D eigenvalue weighted by atomic mass is 9.90. The zero-order chi connectivity index (χ0) is 17.3. The fraction of sp³-hybridized carbons (Fsp3) is 0.600. The van der Waals surface area contributed by atoms with Crippen molar-refractivity contribution in [3.8, 4) is 0 Å². The van der Waals surface area contributed by atoms with Crippen molar-refractivity contribution in [1.29, 1.82) is 0 Å². The van der Waals surface area contributed by atoms with Crippen molar-refractivity contribution < 1.29 is 18.3 Å². The van der Waals surface area contributed by atoms with Crippen LogP contribution >= 0.6 is 0 Å².